The average molecular weight is 221 g/mol. The molecule has 0 aromatic heterocycles. The highest BCUT2D eigenvalue weighted by molar-refractivity contribution is 5.73. The molecule has 0 aliphatic heterocycles. The van der Waals surface area contributed by atoms with E-state index >= 15 is 0 Å². The number of rotatable bonds is 5. The number of nitrogens with one attached hydrogen (secondary N) is 1. The Kier molecular flexibility index (Phi) is 4.83. The number of benzene rings is 1. The molecular weight excluding hydrogens is 202 g/mol. The van der Waals surface area contributed by atoms with Crippen molar-refractivity contribution in [3.05, 3.63) is 29.8 Å². The molecule has 3 nitrogen and oxygen atoms in total. The van der Waals surface area contributed by atoms with Crippen LogP contribution >= 0.6 is 0 Å². The summed E-state index contributed by atoms with van der Waals surface area (Å²) < 4.78 is 5.18. The van der Waals surface area contributed by atoms with Gasteiger partial charge in [-0.2, -0.15) is 0 Å². The van der Waals surface area contributed by atoms with Crippen LogP contribution in [0.3, 0.4) is 0 Å². The van der Waals surface area contributed by atoms with Crippen LogP contribution in [-0.4, -0.2) is 13.0 Å². The summed E-state index contributed by atoms with van der Waals surface area (Å²) in [4.78, 5) is 11.1. The standard InChI is InChI=1S/C13H19NO2/c1-4-6-13(14-10(2)15)11-7-5-8-12(9-11)16-3/h5,7-9,13H,4,6H2,1-3H3,(H,14,15). The highest BCUT2D eigenvalue weighted by Crippen LogP contribution is 2.22. The average Bonchev–Trinajstić information content (AvgIpc) is 2.28. The van der Waals surface area contributed by atoms with Crippen molar-refractivity contribution in [2.45, 2.75) is 32.7 Å². The number of carbonyl (C=O) groups excluding carboxylic acids is 1. The summed E-state index contributed by atoms with van der Waals surface area (Å²) in [5.41, 5.74) is 1.09. The zero-order valence-corrected chi connectivity index (χ0v) is 10.1. The van der Waals surface area contributed by atoms with Crippen molar-refractivity contribution in [1.82, 2.24) is 5.32 Å². The molecule has 0 heterocycles. The SMILES string of the molecule is CCCC(NC(C)=O)c1cccc(OC)c1. The van der Waals surface area contributed by atoms with Crippen LogP contribution < -0.4 is 10.1 Å². The minimum Gasteiger partial charge on any atom is -0.497 e. The largest absolute Gasteiger partial charge is 0.497 e. The minimum atomic E-state index is 0.00118. The maximum absolute atomic E-state index is 11.1. The van der Waals surface area contributed by atoms with E-state index in [0.717, 1.165) is 24.2 Å². The molecule has 1 amide bonds. The lowest BCUT2D eigenvalue weighted by molar-refractivity contribution is -0.119. The molecule has 1 N–H and O–H groups in total. The maximum atomic E-state index is 11.1. The Morgan fingerprint density at radius 3 is 2.81 bits per heavy atom. The van der Waals surface area contributed by atoms with Gasteiger partial charge < -0.3 is 10.1 Å². The molecule has 0 bridgehead atoms. The van der Waals surface area contributed by atoms with Crippen LogP contribution in [0.4, 0.5) is 0 Å². The van der Waals surface area contributed by atoms with Gasteiger partial charge in [0.2, 0.25) is 5.91 Å². The number of hydrogen-bond donors (Lipinski definition) is 1. The topological polar surface area (TPSA) is 38.3 Å². The van der Waals surface area contributed by atoms with Crippen LogP contribution in [0.1, 0.15) is 38.3 Å². The van der Waals surface area contributed by atoms with Crippen molar-refractivity contribution >= 4 is 5.91 Å². The Morgan fingerprint density at radius 1 is 1.50 bits per heavy atom. The normalized spacial score (nSPS) is 11.9. The number of carbonyl (C=O) groups is 1. The van der Waals surface area contributed by atoms with E-state index in [1.807, 2.05) is 24.3 Å². The third kappa shape index (κ3) is 3.57. The van der Waals surface area contributed by atoms with Gasteiger partial charge in [0.05, 0.1) is 13.2 Å². The van der Waals surface area contributed by atoms with Crippen LogP contribution in [0.15, 0.2) is 24.3 Å². The first-order valence-electron chi connectivity index (χ1n) is 5.58. The fourth-order valence-electron chi connectivity index (χ4n) is 1.71. The van der Waals surface area contributed by atoms with Crippen LogP contribution in [0.25, 0.3) is 0 Å². The molecule has 0 fully saturated rings. The van der Waals surface area contributed by atoms with Crippen LogP contribution in [0.5, 0.6) is 5.75 Å². The van der Waals surface area contributed by atoms with E-state index < -0.39 is 0 Å². The van der Waals surface area contributed by atoms with Gasteiger partial charge in [0.1, 0.15) is 5.75 Å². The van der Waals surface area contributed by atoms with Gasteiger partial charge in [-0.3, -0.25) is 4.79 Å². The zero-order valence-electron chi connectivity index (χ0n) is 10.1. The Labute approximate surface area is 96.8 Å². The van der Waals surface area contributed by atoms with Gasteiger partial charge in [0, 0.05) is 6.92 Å². The van der Waals surface area contributed by atoms with Crippen molar-refractivity contribution in [2.24, 2.45) is 0 Å². The first kappa shape index (κ1) is 12.6. The Morgan fingerprint density at radius 2 is 2.25 bits per heavy atom. The van der Waals surface area contributed by atoms with Crippen LogP contribution in [0, 0.1) is 0 Å². The lowest BCUT2D eigenvalue weighted by Gasteiger charge is -2.18. The molecule has 0 aliphatic carbocycles. The van der Waals surface area contributed by atoms with Gasteiger partial charge in [0.25, 0.3) is 0 Å². The lowest BCUT2D eigenvalue weighted by atomic mass is 10.0. The Balaban J connectivity index is 2.86. The summed E-state index contributed by atoms with van der Waals surface area (Å²) >= 11 is 0. The van der Waals surface area contributed by atoms with E-state index in [9.17, 15) is 4.79 Å². The summed E-state index contributed by atoms with van der Waals surface area (Å²) in [6.45, 7) is 3.65. The van der Waals surface area contributed by atoms with E-state index in [1.165, 1.54) is 0 Å². The number of methoxy groups -OCH3 is 1. The lowest BCUT2D eigenvalue weighted by Crippen LogP contribution is -2.25. The molecule has 1 aromatic rings. The second-order valence-corrected chi connectivity index (χ2v) is 3.82. The van der Waals surface area contributed by atoms with Gasteiger partial charge in [-0.1, -0.05) is 25.5 Å². The van der Waals surface area contributed by atoms with Crippen LogP contribution in [0.2, 0.25) is 0 Å². The second kappa shape index (κ2) is 6.16. The van der Waals surface area contributed by atoms with E-state index in [2.05, 4.69) is 12.2 Å². The number of hydrogen-bond acceptors (Lipinski definition) is 2. The van der Waals surface area contributed by atoms with Crippen molar-refractivity contribution in [2.75, 3.05) is 7.11 Å². The number of amides is 1. The van der Waals surface area contributed by atoms with Crippen molar-refractivity contribution < 1.29 is 9.53 Å². The van der Waals surface area contributed by atoms with Crippen molar-refractivity contribution in [3.63, 3.8) is 0 Å². The minimum absolute atomic E-state index is 0.00118. The van der Waals surface area contributed by atoms with Crippen LogP contribution in [-0.2, 0) is 4.79 Å². The maximum Gasteiger partial charge on any atom is 0.217 e. The number of ether oxygens (including phenoxy) is 1. The molecule has 3 heteroatoms. The molecular formula is C13H19NO2. The van der Waals surface area contributed by atoms with E-state index in [4.69, 9.17) is 4.74 Å². The van der Waals surface area contributed by atoms with Crippen molar-refractivity contribution in [1.29, 1.82) is 0 Å². The fourth-order valence-corrected chi connectivity index (χ4v) is 1.71. The van der Waals surface area contributed by atoms with Gasteiger partial charge in [-0.15, -0.1) is 0 Å². The molecule has 0 radical (unpaired) electrons. The summed E-state index contributed by atoms with van der Waals surface area (Å²) in [6, 6.07) is 7.91. The molecule has 0 saturated heterocycles. The molecule has 0 aliphatic rings. The molecule has 88 valence electrons. The molecule has 1 unspecified atom stereocenters. The first-order chi connectivity index (χ1) is 7.67. The second-order valence-electron chi connectivity index (χ2n) is 3.82. The van der Waals surface area contributed by atoms with E-state index in [1.54, 1.807) is 14.0 Å². The van der Waals surface area contributed by atoms with Gasteiger partial charge in [0.15, 0.2) is 0 Å². The highest BCUT2D eigenvalue weighted by Gasteiger charge is 2.11. The summed E-state index contributed by atoms with van der Waals surface area (Å²) in [5.74, 6) is 0.824. The van der Waals surface area contributed by atoms with E-state index in [-0.39, 0.29) is 11.9 Å². The summed E-state index contributed by atoms with van der Waals surface area (Å²) in [7, 11) is 1.65. The highest BCUT2D eigenvalue weighted by atomic mass is 16.5. The molecule has 0 saturated carbocycles. The molecule has 1 rings (SSSR count). The monoisotopic (exact) mass is 221 g/mol. The van der Waals surface area contributed by atoms with Gasteiger partial charge in [-0.05, 0) is 24.1 Å². The molecule has 1 aromatic carbocycles. The summed E-state index contributed by atoms with van der Waals surface area (Å²) in [5, 5.41) is 2.95. The Bertz CT molecular complexity index is 350. The smallest absolute Gasteiger partial charge is 0.217 e. The molecule has 1 atom stereocenters. The third-order valence-electron chi connectivity index (χ3n) is 2.45. The molecule has 16 heavy (non-hydrogen) atoms. The third-order valence-corrected chi connectivity index (χ3v) is 2.45. The zero-order chi connectivity index (χ0) is 12.0. The quantitative estimate of drug-likeness (QED) is 0.830. The van der Waals surface area contributed by atoms with Crippen molar-refractivity contribution in [3.8, 4) is 5.75 Å². The molecule has 0 spiro atoms. The van der Waals surface area contributed by atoms with Gasteiger partial charge >= 0.3 is 0 Å². The fraction of sp³-hybridized carbons (Fsp3) is 0.462. The summed E-state index contributed by atoms with van der Waals surface area (Å²) in [6.07, 6.45) is 1.97. The predicted octanol–water partition coefficient (Wildman–Crippen LogP) is 2.67. The predicted molar refractivity (Wildman–Crippen MR) is 64.5 cm³/mol. The first-order valence-corrected chi connectivity index (χ1v) is 5.58. The Hall–Kier alpha value is -1.51. The van der Waals surface area contributed by atoms with E-state index in [0.29, 0.717) is 0 Å². The van der Waals surface area contributed by atoms with Gasteiger partial charge in [-0.25, -0.2) is 0 Å².